The highest BCUT2D eigenvalue weighted by atomic mass is 16.5. The fourth-order valence-corrected chi connectivity index (χ4v) is 2.85. The molecule has 2 unspecified atom stereocenters. The molecule has 116 valence electrons. The van der Waals surface area contributed by atoms with Gasteiger partial charge in [-0.2, -0.15) is 0 Å². The van der Waals surface area contributed by atoms with Gasteiger partial charge in [-0.05, 0) is 24.8 Å². The molecule has 0 heterocycles. The quantitative estimate of drug-likeness (QED) is 0.776. The lowest BCUT2D eigenvalue weighted by atomic mass is 9.86. The highest BCUT2D eigenvalue weighted by molar-refractivity contribution is 5.85. The first-order valence-corrected chi connectivity index (χ1v) is 7.52. The highest BCUT2D eigenvalue weighted by Gasteiger charge is 2.20. The molecule has 1 saturated carbocycles. The lowest BCUT2D eigenvalue weighted by Gasteiger charge is -2.25. The Morgan fingerprint density at radius 2 is 1.57 bits per heavy atom. The van der Waals surface area contributed by atoms with Gasteiger partial charge < -0.3 is 14.2 Å². The Hall–Kier alpha value is -1.71. The van der Waals surface area contributed by atoms with E-state index < -0.39 is 0 Å². The Kier molecular flexibility index (Phi) is 5.48. The molecule has 1 fully saturated rings. The summed E-state index contributed by atoms with van der Waals surface area (Å²) in [5.41, 5.74) is 0.924. The van der Waals surface area contributed by atoms with Gasteiger partial charge in [-0.15, -0.1) is 0 Å². The largest absolute Gasteiger partial charge is 0.496 e. The molecular weight excluding hydrogens is 266 g/mol. The molecule has 21 heavy (non-hydrogen) atoms. The van der Waals surface area contributed by atoms with Gasteiger partial charge >= 0.3 is 0 Å². The molecular formula is C17H25NO3. The monoisotopic (exact) mass is 291 g/mol. The van der Waals surface area contributed by atoms with Gasteiger partial charge in [0.15, 0.2) is 11.5 Å². The van der Waals surface area contributed by atoms with E-state index in [2.05, 4.69) is 6.92 Å². The Morgan fingerprint density at radius 3 is 2.19 bits per heavy atom. The average Bonchev–Trinajstić information content (AvgIpc) is 2.53. The van der Waals surface area contributed by atoms with Crippen molar-refractivity contribution in [2.75, 3.05) is 21.3 Å². The van der Waals surface area contributed by atoms with Crippen LogP contribution in [0.3, 0.4) is 0 Å². The predicted octanol–water partition coefficient (Wildman–Crippen LogP) is 3.71. The van der Waals surface area contributed by atoms with Crippen LogP contribution in [-0.4, -0.2) is 33.6 Å². The van der Waals surface area contributed by atoms with Crippen LogP contribution in [0.15, 0.2) is 17.1 Å². The molecule has 0 amide bonds. The van der Waals surface area contributed by atoms with Gasteiger partial charge in [-0.1, -0.05) is 19.8 Å². The molecule has 0 aromatic heterocycles. The minimum absolute atomic E-state index is 0.413. The molecule has 0 radical (unpaired) electrons. The summed E-state index contributed by atoms with van der Waals surface area (Å²) in [7, 11) is 4.91. The van der Waals surface area contributed by atoms with E-state index in [0.29, 0.717) is 23.5 Å². The van der Waals surface area contributed by atoms with Gasteiger partial charge in [0.05, 0.1) is 27.4 Å². The summed E-state index contributed by atoms with van der Waals surface area (Å²) >= 11 is 0. The number of ether oxygens (including phenoxy) is 3. The van der Waals surface area contributed by atoms with E-state index in [4.69, 9.17) is 19.2 Å². The second-order valence-electron chi connectivity index (χ2n) is 5.56. The van der Waals surface area contributed by atoms with E-state index in [1.165, 1.54) is 25.7 Å². The summed E-state index contributed by atoms with van der Waals surface area (Å²) in [6, 6.07) is 4.16. The second-order valence-corrected chi connectivity index (χ2v) is 5.56. The fraction of sp³-hybridized carbons (Fsp3) is 0.588. The fourth-order valence-electron chi connectivity index (χ4n) is 2.85. The van der Waals surface area contributed by atoms with Crippen molar-refractivity contribution in [1.82, 2.24) is 0 Å². The second kappa shape index (κ2) is 7.34. The van der Waals surface area contributed by atoms with Gasteiger partial charge in [0.1, 0.15) is 5.75 Å². The van der Waals surface area contributed by atoms with E-state index in [-0.39, 0.29) is 0 Å². The van der Waals surface area contributed by atoms with E-state index in [1.54, 1.807) is 21.3 Å². The SMILES string of the molecule is COc1cc(OC)c(OC)cc1C=NC1CCCCC1C. The topological polar surface area (TPSA) is 40.0 Å². The number of hydrogen-bond donors (Lipinski definition) is 0. The molecule has 4 nitrogen and oxygen atoms in total. The number of hydrogen-bond acceptors (Lipinski definition) is 4. The number of benzene rings is 1. The lowest BCUT2D eigenvalue weighted by Crippen LogP contribution is -2.20. The predicted molar refractivity (Wildman–Crippen MR) is 85.1 cm³/mol. The van der Waals surface area contributed by atoms with Crippen LogP contribution in [0.1, 0.15) is 38.2 Å². The van der Waals surface area contributed by atoms with Crippen LogP contribution >= 0.6 is 0 Å². The van der Waals surface area contributed by atoms with Crippen LogP contribution in [0.25, 0.3) is 0 Å². The average molecular weight is 291 g/mol. The van der Waals surface area contributed by atoms with Crippen molar-refractivity contribution < 1.29 is 14.2 Å². The third kappa shape index (κ3) is 3.69. The first kappa shape index (κ1) is 15.7. The van der Waals surface area contributed by atoms with Crippen molar-refractivity contribution >= 4 is 6.21 Å². The van der Waals surface area contributed by atoms with Crippen molar-refractivity contribution in [1.29, 1.82) is 0 Å². The van der Waals surface area contributed by atoms with E-state index in [1.807, 2.05) is 18.3 Å². The first-order valence-electron chi connectivity index (χ1n) is 7.52. The maximum Gasteiger partial charge on any atom is 0.164 e. The molecule has 0 aliphatic heterocycles. The van der Waals surface area contributed by atoms with Crippen molar-refractivity contribution in [2.45, 2.75) is 38.6 Å². The smallest absolute Gasteiger partial charge is 0.164 e. The van der Waals surface area contributed by atoms with Crippen molar-refractivity contribution in [3.05, 3.63) is 17.7 Å². The van der Waals surface area contributed by atoms with Gasteiger partial charge in [0.25, 0.3) is 0 Å². The Labute approximate surface area is 127 Å². The molecule has 1 aliphatic rings. The van der Waals surface area contributed by atoms with E-state index in [0.717, 1.165) is 11.3 Å². The molecule has 4 heteroatoms. The highest BCUT2D eigenvalue weighted by Crippen LogP contribution is 2.34. The third-order valence-corrected chi connectivity index (χ3v) is 4.21. The molecule has 0 spiro atoms. The number of methoxy groups -OCH3 is 3. The molecule has 1 aromatic carbocycles. The molecule has 0 bridgehead atoms. The van der Waals surface area contributed by atoms with Crippen LogP contribution in [0, 0.1) is 5.92 Å². The van der Waals surface area contributed by atoms with Crippen LogP contribution < -0.4 is 14.2 Å². The summed E-state index contributed by atoms with van der Waals surface area (Å²) in [5, 5.41) is 0. The summed E-state index contributed by atoms with van der Waals surface area (Å²) in [6.45, 7) is 2.28. The number of nitrogens with zero attached hydrogens (tertiary/aromatic N) is 1. The van der Waals surface area contributed by atoms with Gasteiger partial charge in [0.2, 0.25) is 0 Å². The Balaban J connectivity index is 2.25. The molecule has 2 rings (SSSR count). The molecule has 2 atom stereocenters. The molecule has 1 aliphatic carbocycles. The van der Waals surface area contributed by atoms with Crippen LogP contribution in [-0.2, 0) is 0 Å². The van der Waals surface area contributed by atoms with Crippen molar-refractivity contribution in [2.24, 2.45) is 10.9 Å². The number of aliphatic imine (C=N–C) groups is 1. The minimum Gasteiger partial charge on any atom is -0.496 e. The zero-order chi connectivity index (χ0) is 15.2. The maximum atomic E-state index is 5.43. The number of rotatable bonds is 5. The normalized spacial score (nSPS) is 22.3. The van der Waals surface area contributed by atoms with Crippen LogP contribution in [0.2, 0.25) is 0 Å². The zero-order valence-electron chi connectivity index (χ0n) is 13.4. The lowest BCUT2D eigenvalue weighted by molar-refractivity contribution is 0.333. The Morgan fingerprint density at radius 1 is 0.952 bits per heavy atom. The molecule has 0 N–H and O–H groups in total. The zero-order valence-corrected chi connectivity index (χ0v) is 13.4. The third-order valence-electron chi connectivity index (χ3n) is 4.21. The maximum absolute atomic E-state index is 5.43. The minimum atomic E-state index is 0.413. The summed E-state index contributed by atoms with van der Waals surface area (Å²) in [6.07, 6.45) is 6.95. The standard InChI is InChI=1S/C17H25NO3/c1-12-7-5-6-8-14(12)18-11-13-9-16(20-3)17(21-4)10-15(13)19-2/h9-12,14H,5-8H2,1-4H3. The van der Waals surface area contributed by atoms with Gasteiger partial charge in [-0.25, -0.2) is 0 Å². The summed E-state index contributed by atoms with van der Waals surface area (Å²) in [5.74, 6) is 2.76. The molecule has 1 aromatic rings. The van der Waals surface area contributed by atoms with Crippen molar-refractivity contribution in [3.8, 4) is 17.2 Å². The Bertz CT molecular complexity index is 499. The van der Waals surface area contributed by atoms with Crippen LogP contribution in [0.4, 0.5) is 0 Å². The van der Waals surface area contributed by atoms with E-state index >= 15 is 0 Å². The van der Waals surface area contributed by atoms with Crippen LogP contribution in [0.5, 0.6) is 17.2 Å². The van der Waals surface area contributed by atoms with E-state index in [9.17, 15) is 0 Å². The van der Waals surface area contributed by atoms with Crippen molar-refractivity contribution in [3.63, 3.8) is 0 Å². The summed E-state index contributed by atoms with van der Waals surface area (Å²) < 4.78 is 16.1. The van der Waals surface area contributed by atoms with Gasteiger partial charge in [-0.3, -0.25) is 4.99 Å². The first-order chi connectivity index (χ1) is 10.2. The summed E-state index contributed by atoms with van der Waals surface area (Å²) in [4.78, 5) is 4.77. The molecule has 0 saturated heterocycles. The van der Waals surface area contributed by atoms with Gasteiger partial charge in [0, 0.05) is 17.8 Å².